The van der Waals surface area contributed by atoms with Crippen LogP contribution in [0.25, 0.3) is 22.0 Å². The quantitative estimate of drug-likeness (QED) is 0.224. The maximum atomic E-state index is 15.2. The smallest absolute Gasteiger partial charge is 0.213 e. The Balaban J connectivity index is 1.45. The van der Waals surface area contributed by atoms with Crippen molar-refractivity contribution in [1.82, 2.24) is 15.0 Å². The largest absolute Gasteiger partial charge is 0.481 e. The van der Waals surface area contributed by atoms with E-state index in [-0.39, 0.29) is 29.9 Å². The molecule has 0 bridgehead atoms. The molecule has 5 aromatic rings. The Kier molecular flexibility index (Phi) is 7.84. The number of nitrogens with one attached hydrogen (secondary N) is 1. The molecule has 2 aromatic carbocycles. The molecule has 3 heterocycles. The molecule has 5 rings (SSSR count). The van der Waals surface area contributed by atoms with Gasteiger partial charge in [-0.2, -0.15) is 0 Å². The van der Waals surface area contributed by atoms with E-state index in [0.29, 0.717) is 45.0 Å². The highest BCUT2D eigenvalue weighted by Gasteiger charge is 2.23. The molecular formula is C31H25F2N3O5. The van der Waals surface area contributed by atoms with Gasteiger partial charge in [0.05, 0.1) is 36.7 Å². The van der Waals surface area contributed by atoms with Crippen LogP contribution in [0.15, 0.2) is 71.8 Å². The van der Waals surface area contributed by atoms with E-state index >= 15 is 4.39 Å². The first-order chi connectivity index (χ1) is 19.8. The van der Waals surface area contributed by atoms with Crippen molar-refractivity contribution in [3.8, 4) is 28.5 Å². The van der Waals surface area contributed by atoms with Gasteiger partial charge in [0.2, 0.25) is 11.3 Å². The summed E-state index contributed by atoms with van der Waals surface area (Å²) < 4.78 is 44.9. The summed E-state index contributed by atoms with van der Waals surface area (Å²) in [6, 6.07) is 12.8. The molecule has 1 N–H and O–H groups in total. The van der Waals surface area contributed by atoms with Crippen LogP contribution in [0.2, 0.25) is 0 Å². The van der Waals surface area contributed by atoms with Crippen molar-refractivity contribution in [2.45, 2.75) is 20.0 Å². The predicted molar refractivity (Wildman–Crippen MR) is 149 cm³/mol. The Morgan fingerprint density at radius 1 is 0.976 bits per heavy atom. The fraction of sp³-hybridized carbons (Fsp3) is 0.161. The number of pyridine rings is 3. The molecule has 0 aliphatic heterocycles. The zero-order valence-corrected chi connectivity index (χ0v) is 22.5. The molecule has 3 aromatic heterocycles. The number of fused-ring (bicyclic) bond motifs is 1. The van der Waals surface area contributed by atoms with Crippen molar-refractivity contribution in [1.29, 1.82) is 0 Å². The lowest BCUT2D eigenvalue weighted by molar-refractivity contribution is 0.0986. The third-order valence-electron chi connectivity index (χ3n) is 6.52. The molecular weight excluding hydrogens is 532 g/mol. The van der Waals surface area contributed by atoms with Crippen LogP contribution in [0.3, 0.4) is 0 Å². The van der Waals surface area contributed by atoms with Gasteiger partial charge in [0, 0.05) is 42.4 Å². The second-order valence-electron chi connectivity index (χ2n) is 9.27. The fourth-order valence-corrected chi connectivity index (χ4v) is 4.63. The summed E-state index contributed by atoms with van der Waals surface area (Å²) >= 11 is 0. The molecule has 0 saturated heterocycles. The van der Waals surface area contributed by atoms with Crippen molar-refractivity contribution in [3.05, 3.63) is 111 Å². The van der Waals surface area contributed by atoms with Crippen molar-refractivity contribution >= 4 is 16.7 Å². The molecule has 0 aliphatic rings. The van der Waals surface area contributed by atoms with E-state index in [1.54, 1.807) is 25.1 Å². The van der Waals surface area contributed by atoms with Gasteiger partial charge in [-0.1, -0.05) is 18.2 Å². The number of aromatic amines is 1. The second-order valence-corrected chi connectivity index (χ2v) is 9.27. The molecule has 0 saturated carbocycles. The number of methoxy groups -OCH3 is 2. The van der Waals surface area contributed by atoms with Crippen molar-refractivity contribution in [2.75, 3.05) is 14.2 Å². The molecule has 208 valence electrons. The van der Waals surface area contributed by atoms with Crippen LogP contribution in [-0.4, -0.2) is 35.0 Å². The standard InChI is InChI=1S/C31H25F2N3O5/c1-17-29(19-5-7-20(32)8-6-19)31(38)30(24(36-17)16-39-2)25(37)13-18-4-9-27(22(33)12-18)41-26-10-11-34-23-15-35-28(40-3)14-21(23)26/h4-12,14-15H,13,16H2,1-3H3,(H,36,38). The Labute approximate surface area is 233 Å². The zero-order valence-electron chi connectivity index (χ0n) is 22.5. The van der Waals surface area contributed by atoms with Gasteiger partial charge in [-0.25, -0.2) is 13.8 Å². The summed E-state index contributed by atoms with van der Waals surface area (Å²) in [6.45, 7) is 1.68. The number of carbonyl (C=O) groups excluding carboxylic acids is 1. The van der Waals surface area contributed by atoms with E-state index < -0.39 is 22.8 Å². The normalized spacial score (nSPS) is 11.0. The number of hydrogen-bond donors (Lipinski definition) is 1. The summed E-state index contributed by atoms with van der Waals surface area (Å²) in [7, 11) is 2.93. The maximum Gasteiger partial charge on any atom is 0.213 e. The number of ketones is 1. The fourth-order valence-electron chi connectivity index (χ4n) is 4.63. The van der Waals surface area contributed by atoms with Gasteiger partial charge in [-0.15, -0.1) is 0 Å². The first-order valence-corrected chi connectivity index (χ1v) is 12.6. The van der Waals surface area contributed by atoms with Gasteiger partial charge < -0.3 is 19.2 Å². The Morgan fingerprint density at radius 3 is 2.46 bits per heavy atom. The summed E-state index contributed by atoms with van der Waals surface area (Å²) in [4.78, 5) is 38.5. The van der Waals surface area contributed by atoms with E-state index in [2.05, 4.69) is 15.0 Å². The summed E-state index contributed by atoms with van der Waals surface area (Å²) in [5.41, 5.74) is 1.81. The van der Waals surface area contributed by atoms with E-state index in [1.807, 2.05) is 0 Å². The monoisotopic (exact) mass is 557 g/mol. The van der Waals surface area contributed by atoms with Gasteiger partial charge in [-0.3, -0.25) is 14.6 Å². The number of nitrogens with zero attached hydrogens (tertiary/aromatic N) is 2. The van der Waals surface area contributed by atoms with Crippen LogP contribution in [0.4, 0.5) is 8.78 Å². The first kappa shape index (κ1) is 27.6. The van der Waals surface area contributed by atoms with E-state index in [1.165, 1.54) is 63.0 Å². The summed E-state index contributed by atoms with van der Waals surface area (Å²) in [5.74, 6) is -1.01. The van der Waals surface area contributed by atoms with Crippen LogP contribution in [0.1, 0.15) is 27.3 Å². The molecule has 0 aliphatic carbocycles. The Bertz CT molecular complexity index is 1820. The molecule has 0 spiro atoms. The number of halogens is 2. The predicted octanol–water partition coefficient (Wildman–Crippen LogP) is 5.94. The number of aryl methyl sites for hydroxylation is 1. The van der Waals surface area contributed by atoms with Gasteiger partial charge in [-0.05, 0) is 48.4 Å². The summed E-state index contributed by atoms with van der Waals surface area (Å²) in [6.07, 6.45) is 2.80. The summed E-state index contributed by atoms with van der Waals surface area (Å²) in [5, 5.41) is 0.583. The van der Waals surface area contributed by atoms with Crippen LogP contribution >= 0.6 is 0 Å². The highest BCUT2D eigenvalue weighted by Crippen LogP contribution is 2.32. The average molecular weight is 558 g/mol. The van der Waals surface area contributed by atoms with Gasteiger partial charge in [0.1, 0.15) is 11.6 Å². The Hall–Kier alpha value is -4.96. The van der Waals surface area contributed by atoms with Crippen molar-refractivity contribution in [2.24, 2.45) is 0 Å². The lowest BCUT2D eigenvalue weighted by Gasteiger charge is -2.14. The van der Waals surface area contributed by atoms with Crippen molar-refractivity contribution < 1.29 is 27.8 Å². The number of ether oxygens (including phenoxy) is 3. The molecule has 41 heavy (non-hydrogen) atoms. The topological polar surface area (TPSA) is 103 Å². The minimum absolute atomic E-state index is 0.0117. The van der Waals surface area contributed by atoms with Crippen LogP contribution in [-0.2, 0) is 17.8 Å². The lowest BCUT2D eigenvalue weighted by atomic mass is 9.95. The molecule has 8 nitrogen and oxygen atoms in total. The van der Waals surface area contributed by atoms with Crippen LogP contribution in [0, 0.1) is 18.6 Å². The molecule has 0 fully saturated rings. The highest BCUT2D eigenvalue weighted by molar-refractivity contribution is 5.99. The molecule has 0 radical (unpaired) electrons. The Morgan fingerprint density at radius 2 is 1.76 bits per heavy atom. The van der Waals surface area contributed by atoms with Crippen LogP contribution in [0.5, 0.6) is 17.4 Å². The van der Waals surface area contributed by atoms with E-state index in [4.69, 9.17) is 14.2 Å². The maximum absolute atomic E-state index is 15.2. The van der Waals surface area contributed by atoms with Crippen LogP contribution < -0.4 is 14.9 Å². The molecule has 10 heteroatoms. The average Bonchev–Trinajstić information content (AvgIpc) is 2.95. The van der Waals surface area contributed by atoms with E-state index in [0.717, 1.165) is 0 Å². The number of rotatable bonds is 9. The number of carbonyl (C=O) groups is 1. The molecule has 0 unspecified atom stereocenters. The van der Waals surface area contributed by atoms with Crippen molar-refractivity contribution in [3.63, 3.8) is 0 Å². The van der Waals surface area contributed by atoms with Gasteiger partial charge in [0.15, 0.2) is 17.3 Å². The number of hydrogen-bond acceptors (Lipinski definition) is 7. The zero-order chi connectivity index (χ0) is 29.1. The number of benzene rings is 2. The first-order valence-electron chi connectivity index (χ1n) is 12.6. The molecule has 0 amide bonds. The number of H-pyrrole nitrogens is 1. The third kappa shape index (κ3) is 5.68. The van der Waals surface area contributed by atoms with Gasteiger partial charge >= 0.3 is 0 Å². The number of aromatic nitrogens is 3. The third-order valence-corrected chi connectivity index (χ3v) is 6.52. The highest BCUT2D eigenvalue weighted by atomic mass is 19.1. The van der Waals surface area contributed by atoms with Gasteiger partial charge in [0.25, 0.3) is 0 Å². The molecule has 0 atom stereocenters. The minimum Gasteiger partial charge on any atom is -0.481 e. The SMILES string of the molecule is COCc1[nH]c(C)c(-c2ccc(F)cc2)c(=O)c1C(=O)Cc1ccc(Oc2ccnc3cnc(OC)cc23)c(F)c1. The minimum atomic E-state index is -0.691. The lowest BCUT2D eigenvalue weighted by Crippen LogP contribution is -2.24. The second kappa shape index (κ2) is 11.6. The van der Waals surface area contributed by atoms with E-state index in [9.17, 15) is 14.0 Å². The number of Topliss-reactive ketones (excluding diaryl/α,β-unsaturated/α-hetero) is 1.